The number of aromatic carboxylic acids is 1. The van der Waals surface area contributed by atoms with Crippen molar-refractivity contribution in [2.24, 2.45) is 5.92 Å². The van der Waals surface area contributed by atoms with Crippen molar-refractivity contribution in [1.29, 1.82) is 0 Å². The van der Waals surface area contributed by atoms with Gasteiger partial charge in [-0.2, -0.15) is 0 Å². The highest BCUT2D eigenvalue weighted by Gasteiger charge is 2.40. The number of nitrogens with zero attached hydrogens (tertiary/aromatic N) is 1. The van der Waals surface area contributed by atoms with Crippen molar-refractivity contribution in [3.63, 3.8) is 0 Å². The Hall–Kier alpha value is -3.15. The average Bonchev–Trinajstić information content (AvgIpc) is 3.10. The number of hydrogen-bond acceptors (Lipinski definition) is 4. The third-order valence-electron chi connectivity index (χ3n) is 5.08. The summed E-state index contributed by atoms with van der Waals surface area (Å²) in [6, 6.07) is 11.6. The van der Waals surface area contributed by atoms with Crippen molar-refractivity contribution in [1.82, 2.24) is 0 Å². The van der Waals surface area contributed by atoms with Gasteiger partial charge in [-0.1, -0.05) is 30.4 Å². The lowest BCUT2D eigenvalue weighted by atomic mass is 9.76. The molecule has 3 atom stereocenters. The molecule has 0 spiro atoms. The molecule has 0 saturated heterocycles. The summed E-state index contributed by atoms with van der Waals surface area (Å²) in [6.45, 7) is 0. The number of nitro benzene ring substituents is 1. The summed E-state index contributed by atoms with van der Waals surface area (Å²) in [6.07, 6.45) is 4.95. The second kappa shape index (κ2) is 5.73. The number of allylic oxidation sites excluding steroid dienone is 2. The summed E-state index contributed by atoms with van der Waals surface area (Å²) < 4.78 is 0. The van der Waals surface area contributed by atoms with Crippen LogP contribution in [0.25, 0.3) is 0 Å². The van der Waals surface area contributed by atoms with Crippen molar-refractivity contribution in [3.05, 3.63) is 81.4 Å². The predicted octanol–water partition coefficient (Wildman–Crippen LogP) is 4.12. The Morgan fingerprint density at radius 2 is 2.00 bits per heavy atom. The van der Waals surface area contributed by atoms with E-state index in [0.29, 0.717) is 5.56 Å². The van der Waals surface area contributed by atoms with E-state index in [-0.39, 0.29) is 34.1 Å². The zero-order valence-corrected chi connectivity index (χ0v) is 13.3. The van der Waals surface area contributed by atoms with Crippen LogP contribution in [0.15, 0.2) is 54.6 Å². The predicted molar refractivity (Wildman–Crippen MR) is 92.8 cm³/mol. The van der Waals surface area contributed by atoms with E-state index >= 15 is 0 Å². The van der Waals surface area contributed by atoms with Gasteiger partial charge in [-0.05, 0) is 36.1 Å². The smallest absolute Gasteiger partial charge is 0.335 e. The van der Waals surface area contributed by atoms with Gasteiger partial charge in [-0.3, -0.25) is 10.1 Å². The summed E-state index contributed by atoms with van der Waals surface area (Å²) >= 11 is 0. The van der Waals surface area contributed by atoms with E-state index < -0.39 is 5.97 Å². The molecule has 1 aliphatic heterocycles. The quantitative estimate of drug-likeness (QED) is 0.500. The number of anilines is 1. The molecule has 4 rings (SSSR count). The molecule has 2 aromatic rings. The fourth-order valence-electron chi connectivity index (χ4n) is 3.95. The summed E-state index contributed by atoms with van der Waals surface area (Å²) in [4.78, 5) is 22.3. The van der Waals surface area contributed by atoms with Crippen LogP contribution in [-0.2, 0) is 0 Å². The van der Waals surface area contributed by atoms with Gasteiger partial charge in [0.05, 0.1) is 22.1 Å². The molecule has 0 aromatic heterocycles. The minimum Gasteiger partial charge on any atom is -0.478 e. The Labute approximate surface area is 144 Å². The number of para-hydroxylation sites is 1. The highest BCUT2D eigenvalue weighted by molar-refractivity contribution is 5.89. The number of carboxylic acid groups (broad SMARTS) is 1. The third kappa shape index (κ3) is 2.46. The second-order valence-electron chi connectivity index (χ2n) is 6.40. The molecule has 6 heteroatoms. The largest absolute Gasteiger partial charge is 0.478 e. The minimum absolute atomic E-state index is 0.0559. The normalized spacial score (nSPS) is 23.4. The first-order valence-electron chi connectivity index (χ1n) is 8.10. The summed E-state index contributed by atoms with van der Waals surface area (Å²) in [5.41, 5.74) is 2.80. The van der Waals surface area contributed by atoms with Crippen LogP contribution in [-0.4, -0.2) is 16.0 Å². The van der Waals surface area contributed by atoms with Crippen LogP contribution < -0.4 is 5.32 Å². The average molecular weight is 336 g/mol. The summed E-state index contributed by atoms with van der Waals surface area (Å²) in [5, 5.41) is 24.1. The number of benzene rings is 2. The van der Waals surface area contributed by atoms with Gasteiger partial charge in [0, 0.05) is 17.7 Å². The van der Waals surface area contributed by atoms with E-state index in [9.17, 15) is 20.0 Å². The second-order valence-corrected chi connectivity index (χ2v) is 6.40. The summed E-state index contributed by atoms with van der Waals surface area (Å²) in [5.74, 6) is -0.778. The van der Waals surface area contributed by atoms with Crippen LogP contribution in [0.2, 0.25) is 0 Å². The fraction of sp³-hybridized carbons (Fsp3) is 0.211. The van der Waals surface area contributed by atoms with E-state index in [1.165, 1.54) is 6.07 Å². The van der Waals surface area contributed by atoms with Gasteiger partial charge in [0.25, 0.3) is 5.69 Å². The number of rotatable bonds is 3. The maximum atomic E-state index is 11.4. The molecule has 1 heterocycles. The van der Waals surface area contributed by atoms with Crippen LogP contribution in [0.3, 0.4) is 0 Å². The number of carboxylic acids is 1. The molecule has 2 N–H and O–H groups in total. The van der Waals surface area contributed by atoms with Crippen molar-refractivity contribution in [3.8, 4) is 0 Å². The summed E-state index contributed by atoms with van der Waals surface area (Å²) in [7, 11) is 0. The Kier molecular flexibility index (Phi) is 3.53. The van der Waals surface area contributed by atoms with Gasteiger partial charge in [0.2, 0.25) is 0 Å². The number of carbonyl (C=O) groups is 1. The fourth-order valence-corrected chi connectivity index (χ4v) is 3.95. The van der Waals surface area contributed by atoms with E-state index in [1.54, 1.807) is 30.3 Å². The van der Waals surface area contributed by atoms with Crippen molar-refractivity contribution < 1.29 is 14.8 Å². The third-order valence-corrected chi connectivity index (χ3v) is 5.08. The monoisotopic (exact) mass is 336 g/mol. The molecule has 126 valence electrons. The Morgan fingerprint density at radius 3 is 2.76 bits per heavy atom. The molecule has 2 aromatic carbocycles. The Morgan fingerprint density at radius 1 is 1.20 bits per heavy atom. The van der Waals surface area contributed by atoms with Crippen LogP contribution >= 0.6 is 0 Å². The molecule has 25 heavy (non-hydrogen) atoms. The molecular formula is C19H16N2O4. The first-order chi connectivity index (χ1) is 12.1. The van der Waals surface area contributed by atoms with Gasteiger partial charge < -0.3 is 10.4 Å². The van der Waals surface area contributed by atoms with Crippen LogP contribution in [0, 0.1) is 16.0 Å². The van der Waals surface area contributed by atoms with Crippen LogP contribution in [0.4, 0.5) is 11.4 Å². The molecule has 0 saturated carbocycles. The van der Waals surface area contributed by atoms with Crippen molar-refractivity contribution in [2.45, 2.75) is 18.4 Å². The zero-order valence-electron chi connectivity index (χ0n) is 13.3. The van der Waals surface area contributed by atoms with Crippen LogP contribution in [0.1, 0.15) is 39.9 Å². The van der Waals surface area contributed by atoms with Crippen molar-refractivity contribution >= 4 is 17.3 Å². The first kappa shape index (κ1) is 15.4. The van der Waals surface area contributed by atoms with Crippen molar-refractivity contribution in [2.75, 3.05) is 5.32 Å². The minimum atomic E-state index is -0.956. The molecule has 0 bridgehead atoms. The SMILES string of the molecule is O=C(O)c1ccc2c(c1)[C@@H]1C=CC[C@H]1[C@@H](c1ccccc1[N+](=O)[O-])N2. The first-order valence-corrected chi connectivity index (χ1v) is 8.10. The van der Waals surface area contributed by atoms with E-state index in [0.717, 1.165) is 17.7 Å². The molecule has 0 unspecified atom stereocenters. The topological polar surface area (TPSA) is 92.5 Å². The van der Waals surface area contributed by atoms with Gasteiger partial charge in [-0.25, -0.2) is 4.79 Å². The molecular weight excluding hydrogens is 320 g/mol. The van der Waals surface area contributed by atoms with E-state index in [4.69, 9.17) is 0 Å². The van der Waals surface area contributed by atoms with Gasteiger partial charge in [0.15, 0.2) is 0 Å². The molecule has 0 amide bonds. The lowest BCUT2D eigenvalue weighted by Gasteiger charge is -2.37. The van der Waals surface area contributed by atoms with Gasteiger partial charge >= 0.3 is 5.97 Å². The van der Waals surface area contributed by atoms with E-state index in [2.05, 4.69) is 17.5 Å². The molecule has 0 radical (unpaired) electrons. The Balaban J connectivity index is 1.81. The lowest BCUT2D eigenvalue weighted by molar-refractivity contribution is -0.385. The maximum absolute atomic E-state index is 11.4. The molecule has 0 fully saturated rings. The van der Waals surface area contributed by atoms with Gasteiger partial charge in [0.1, 0.15) is 0 Å². The highest BCUT2D eigenvalue weighted by Crippen LogP contribution is 2.51. The maximum Gasteiger partial charge on any atom is 0.335 e. The number of nitrogens with one attached hydrogen (secondary N) is 1. The van der Waals surface area contributed by atoms with Crippen LogP contribution in [0.5, 0.6) is 0 Å². The number of fused-ring (bicyclic) bond motifs is 3. The molecule has 2 aliphatic rings. The molecule has 1 aliphatic carbocycles. The lowest BCUT2D eigenvalue weighted by Crippen LogP contribution is -2.29. The van der Waals surface area contributed by atoms with Gasteiger partial charge in [-0.15, -0.1) is 0 Å². The highest BCUT2D eigenvalue weighted by atomic mass is 16.6. The number of nitro groups is 1. The van der Waals surface area contributed by atoms with E-state index in [1.807, 2.05) is 6.07 Å². The standard InChI is InChI=1S/C19H16N2O4/c22-19(23)11-8-9-16-15(10-11)12-5-3-6-13(12)18(20-16)14-4-1-2-7-17(14)21(24)25/h1-5,7-10,12-13,18,20H,6H2,(H,22,23)/t12-,13-,18+/m1/s1. The molecule has 6 nitrogen and oxygen atoms in total. The Bertz CT molecular complexity index is 906. The number of hydrogen-bond donors (Lipinski definition) is 2. The zero-order chi connectivity index (χ0) is 17.6.